The molecule has 0 bridgehead atoms. The van der Waals surface area contributed by atoms with Crippen LogP contribution in [0.5, 0.6) is 11.5 Å². The van der Waals surface area contributed by atoms with Crippen molar-refractivity contribution in [3.05, 3.63) is 29.6 Å². The highest BCUT2D eigenvalue weighted by Gasteiger charge is 2.10. The number of nitrogens with one attached hydrogen (secondary N) is 1. The summed E-state index contributed by atoms with van der Waals surface area (Å²) >= 11 is 0. The Morgan fingerprint density at radius 2 is 1.94 bits per heavy atom. The lowest BCUT2D eigenvalue weighted by Crippen LogP contribution is -1.91. The number of ether oxygens (including phenoxy) is 2. The highest BCUT2D eigenvalue weighted by atomic mass is 16.5. The highest BCUT2D eigenvalue weighted by molar-refractivity contribution is 5.61. The molecule has 5 nitrogen and oxygen atoms in total. The molecule has 0 aliphatic carbocycles. The zero-order valence-electron chi connectivity index (χ0n) is 10.7. The third-order valence-electron chi connectivity index (χ3n) is 2.79. The van der Waals surface area contributed by atoms with Gasteiger partial charge in [0.25, 0.3) is 0 Å². The van der Waals surface area contributed by atoms with Crippen LogP contribution >= 0.6 is 0 Å². The first kappa shape index (κ1) is 12.4. The molecule has 1 heterocycles. The van der Waals surface area contributed by atoms with Gasteiger partial charge in [-0.05, 0) is 25.1 Å². The summed E-state index contributed by atoms with van der Waals surface area (Å²) < 4.78 is 10.4. The molecule has 0 aliphatic rings. The Morgan fingerprint density at radius 1 is 1.22 bits per heavy atom. The van der Waals surface area contributed by atoms with Gasteiger partial charge in [0.15, 0.2) is 11.5 Å². The molecule has 0 aliphatic heterocycles. The van der Waals surface area contributed by atoms with Crippen molar-refractivity contribution in [2.24, 2.45) is 0 Å². The molecule has 18 heavy (non-hydrogen) atoms. The number of H-pyrrole nitrogens is 1. The number of hydrogen-bond donors (Lipinski definition) is 2. The number of methoxy groups -OCH3 is 2. The number of aliphatic hydroxyl groups excluding tert-OH is 1. The van der Waals surface area contributed by atoms with Crippen LogP contribution in [-0.4, -0.2) is 29.3 Å². The van der Waals surface area contributed by atoms with Crippen molar-refractivity contribution < 1.29 is 14.6 Å². The van der Waals surface area contributed by atoms with E-state index in [0.29, 0.717) is 23.0 Å². The van der Waals surface area contributed by atoms with E-state index in [1.165, 1.54) is 0 Å². The Balaban J connectivity index is 2.44. The standard InChI is InChI=1S/C13H16N2O3/c1-8-10(7-16)15-13(14-8)9-4-5-11(17-2)12(6-9)18-3/h4-6,16H,7H2,1-3H3,(H,14,15). The van der Waals surface area contributed by atoms with Crippen molar-refractivity contribution in [3.8, 4) is 22.9 Å². The third-order valence-corrected chi connectivity index (χ3v) is 2.79. The van der Waals surface area contributed by atoms with Gasteiger partial charge in [-0.15, -0.1) is 0 Å². The summed E-state index contributed by atoms with van der Waals surface area (Å²) in [5.74, 6) is 2.03. The van der Waals surface area contributed by atoms with Gasteiger partial charge in [0, 0.05) is 11.3 Å². The lowest BCUT2D eigenvalue weighted by molar-refractivity contribution is 0.276. The number of hydrogen-bond acceptors (Lipinski definition) is 4. The smallest absolute Gasteiger partial charge is 0.161 e. The van der Waals surface area contributed by atoms with Crippen LogP contribution < -0.4 is 9.47 Å². The van der Waals surface area contributed by atoms with Crippen molar-refractivity contribution in [1.82, 2.24) is 9.97 Å². The number of imidazole rings is 1. The summed E-state index contributed by atoms with van der Waals surface area (Å²) in [5, 5.41) is 9.13. The molecule has 2 aromatic rings. The zero-order chi connectivity index (χ0) is 13.1. The van der Waals surface area contributed by atoms with Gasteiger partial charge in [0.05, 0.1) is 26.5 Å². The highest BCUT2D eigenvalue weighted by Crippen LogP contribution is 2.31. The van der Waals surface area contributed by atoms with Crippen LogP contribution in [0.3, 0.4) is 0 Å². The molecular formula is C13H16N2O3. The average molecular weight is 248 g/mol. The van der Waals surface area contributed by atoms with E-state index in [9.17, 15) is 0 Å². The van der Waals surface area contributed by atoms with Gasteiger partial charge >= 0.3 is 0 Å². The van der Waals surface area contributed by atoms with Gasteiger partial charge in [-0.3, -0.25) is 0 Å². The minimum absolute atomic E-state index is 0.0738. The van der Waals surface area contributed by atoms with Crippen molar-refractivity contribution in [2.75, 3.05) is 14.2 Å². The molecule has 0 amide bonds. The van der Waals surface area contributed by atoms with Crippen LogP contribution in [0.2, 0.25) is 0 Å². The molecule has 1 aromatic carbocycles. The van der Waals surface area contributed by atoms with Crippen molar-refractivity contribution in [3.63, 3.8) is 0 Å². The fourth-order valence-electron chi connectivity index (χ4n) is 1.77. The number of nitrogens with zero attached hydrogens (tertiary/aromatic N) is 1. The Labute approximate surface area is 105 Å². The van der Waals surface area contributed by atoms with Crippen LogP contribution in [0.15, 0.2) is 18.2 Å². The van der Waals surface area contributed by atoms with Crippen molar-refractivity contribution in [2.45, 2.75) is 13.5 Å². The maximum Gasteiger partial charge on any atom is 0.161 e. The first-order valence-corrected chi connectivity index (χ1v) is 5.58. The number of rotatable bonds is 4. The minimum Gasteiger partial charge on any atom is -0.493 e. The first-order chi connectivity index (χ1) is 8.69. The van der Waals surface area contributed by atoms with Gasteiger partial charge in [-0.1, -0.05) is 0 Å². The molecule has 1 aromatic heterocycles. The molecule has 0 unspecified atom stereocenters. The van der Waals surface area contributed by atoms with Crippen LogP contribution in [0, 0.1) is 6.92 Å². The summed E-state index contributed by atoms with van der Waals surface area (Å²) in [6, 6.07) is 5.56. The molecule has 0 saturated heterocycles. The summed E-state index contributed by atoms with van der Waals surface area (Å²) in [4.78, 5) is 7.46. The molecule has 2 rings (SSSR count). The van der Waals surface area contributed by atoms with Crippen LogP contribution in [0.1, 0.15) is 11.4 Å². The average Bonchev–Trinajstić information content (AvgIpc) is 2.79. The van der Waals surface area contributed by atoms with Crippen LogP contribution in [0.4, 0.5) is 0 Å². The molecule has 96 valence electrons. The molecule has 0 fully saturated rings. The third kappa shape index (κ3) is 2.17. The number of aryl methyl sites for hydroxylation is 1. The summed E-state index contributed by atoms with van der Waals surface area (Å²) in [6.07, 6.45) is 0. The Hall–Kier alpha value is -2.01. The van der Waals surface area contributed by atoms with Crippen molar-refractivity contribution >= 4 is 0 Å². The lowest BCUT2D eigenvalue weighted by Gasteiger charge is -2.08. The van der Waals surface area contributed by atoms with Gasteiger partial charge in [0.2, 0.25) is 0 Å². The van der Waals surface area contributed by atoms with E-state index >= 15 is 0 Å². The lowest BCUT2D eigenvalue weighted by atomic mass is 10.2. The molecular weight excluding hydrogens is 232 g/mol. The van der Waals surface area contributed by atoms with E-state index in [1.54, 1.807) is 14.2 Å². The molecule has 5 heteroatoms. The normalized spacial score (nSPS) is 10.4. The second-order valence-electron chi connectivity index (χ2n) is 3.88. The van der Waals surface area contributed by atoms with Gasteiger partial charge in [0.1, 0.15) is 5.82 Å². The number of aromatic nitrogens is 2. The molecule has 0 saturated carbocycles. The van der Waals surface area contributed by atoms with E-state index in [-0.39, 0.29) is 6.61 Å². The Bertz CT molecular complexity index is 549. The van der Waals surface area contributed by atoms with Crippen molar-refractivity contribution in [1.29, 1.82) is 0 Å². The van der Waals surface area contributed by atoms with E-state index in [2.05, 4.69) is 9.97 Å². The van der Waals surface area contributed by atoms with Gasteiger partial charge in [-0.25, -0.2) is 4.98 Å². The maximum atomic E-state index is 9.13. The van der Waals surface area contributed by atoms with E-state index in [1.807, 2.05) is 25.1 Å². The Kier molecular flexibility index (Phi) is 3.53. The SMILES string of the molecule is COc1ccc(-c2nc(CO)c(C)[nH]2)cc1OC. The summed E-state index contributed by atoms with van der Waals surface area (Å²) in [5.41, 5.74) is 2.40. The van der Waals surface area contributed by atoms with E-state index in [4.69, 9.17) is 14.6 Å². The molecule has 2 N–H and O–H groups in total. The number of benzene rings is 1. The molecule has 0 spiro atoms. The zero-order valence-corrected chi connectivity index (χ0v) is 10.7. The summed E-state index contributed by atoms with van der Waals surface area (Å²) in [6.45, 7) is 1.80. The van der Waals surface area contributed by atoms with Crippen LogP contribution in [0.25, 0.3) is 11.4 Å². The fraction of sp³-hybridized carbons (Fsp3) is 0.308. The van der Waals surface area contributed by atoms with Gasteiger partial charge < -0.3 is 19.6 Å². The van der Waals surface area contributed by atoms with E-state index in [0.717, 1.165) is 11.3 Å². The predicted molar refractivity (Wildman–Crippen MR) is 67.8 cm³/mol. The van der Waals surface area contributed by atoms with Gasteiger partial charge in [-0.2, -0.15) is 0 Å². The number of aliphatic hydroxyl groups is 1. The summed E-state index contributed by atoms with van der Waals surface area (Å²) in [7, 11) is 3.19. The largest absolute Gasteiger partial charge is 0.493 e. The number of aromatic amines is 1. The minimum atomic E-state index is -0.0738. The second kappa shape index (κ2) is 5.10. The quantitative estimate of drug-likeness (QED) is 0.867. The second-order valence-corrected chi connectivity index (χ2v) is 3.88. The topological polar surface area (TPSA) is 67.4 Å². The maximum absolute atomic E-state index is 9.13. The monoisotopic (exact) mass is 248 g/mol. The molecule has 0 atom stereocenters. The predicted octanol–water partition coefficient (Wildman–Crippen LogP) is 1.89. The fourth-order valence-corrected chi connectivity index (χ4v) is 1.77. The first-order valence-electron chi connectivity index (χ1n) is 5.58. The Morgan fingerprint density at radius 3 is 2.50 bits per heavy atom. The van der Waals surface area contributed by atoms with E-state index < -0.39 is 0 Å². The molecule has 0 radical (unpaired) electrons. The van der Waals surface area contributed by atoms with Crippen LogP contribution in [-0.2, 0) is 6.61 Å².